The number of amides is 1. The third kappa shape index (κ3) is 5.14. The molecule has 2 aromatic rings. The van der Waals surface area contributed by atoms with Crippen molar-refractivity contribution >= 4 is 29.3 Å². The largest absolute Gasteiger partial charge is 0.452 e. The van der Waals surface area contributed by atoms with Crippen LogP contribution in [0.1, 0.15) is 10.4 Å². The van der Waals surface area contributed by atoms with Crippen molar-refractivity contribution in [3.05, 3.63) is 64.1 Å². The first kappa shape index (κ1) is 15.9. The summed E-state index contributed by atoms with van der Waals surface area (Å²) in [4.78, 5) is 24.0. The fourth-order valence-electron chi connectivity index (χ4n) is 1.60. The molecule has 0 radical (unpaired) electrons. The van der Waals surface area contributed by atoms with Crippen molar-refractivity contribution in [1.82, 2.24) is 5.32 Å². The Bertz CT molecular complexity index is 668. The normalized spacial score (nSPS) is 10.6. The van der Waals surface area contributed by atoms with Crippen LogP contribution >= 0.6 is 11.3 Å². The lowest BCUT2D eigenvalue weighted by Gasteiger charge is -2.03. The third-order valence-corrected chi connectivity index (χ3v) is 3.57. The lowest BCUT2D eigenvalue weighted by Crippen LogP contribution is -2.27. The van der Waals surface area contributed by atoms with Crippen molar-refractivity contribution in [1.29, 1.82) is 0 Å². The van der Waals surface area contributed by atoms with E-state index in [9.17, 15) is 14.0 Å². The maximum absolute atomic E-state index is 13.3. The Morgan fingerprint density at radius 2 is 2.05 bits per heavy atom. The Hall–Kier alpha value is -2.47. The predicted molar refractivity (Wildman–Crippen MR) is 82.6 cm³/mol. The second-order valence-electron chi connectivity index (χ2n) is 4.32. The molecule has 0 atom stereocenters. The van der Waals surface area contributed by atoms with Gasteiger partial charge in [0, 0.05) is 16.5 Å². The number of carbonyl (C=O) groups is 2. The molecule has 0 saturated carbocycles. The molecular formula is C16H14FNO3S. The number of carbonyl (C=O) groups excluding carboxylic acids is 2. The number of halogens is 1. The Morgan fingerprint density at radius 1 is 1.23 bits per heavy atom. The zero-order chi connectivity index (χ0) is 15.8. The fraction of sp³-hybridized carbons (Fsp3) is 0.125. The van der Waals surface area contributed by atoms with Crippen LogP contribution in [0.2, 0.25) is 0 Å². The summed E-state index contributed by atoms with van der Waals surface area (Å²) >= 11 is 1.53. The molecule has 1 aromatic heterocycles. The monoisotopic (exact) mass is 319 g/mol. The van der Waals surface area contributed by atoms with Crippen LogP contribution in [-0.4, -0.2) is 18.5 Å². The Balaban J connectivity index is 1.73. The molecule has 1 heterocycles. The first-order chi connectivity index (χ1) is 10.6. The molecule has 1 amide bonds. The van der Waals surface area contributed by atoms with Gasteiger partial charge in [-0.3, -0.25) is 4.79 Å². The molecule has 0 aliphatic carbocycles. The molecule has 0 unspecified atom stereocenters. The predicted octanol–water partition coefficient (Wildman–Crippen LogP) is 2.76. The van der Waals surface area contributed by atoms with Gasteiger partial charge in [-0.1, -0.05) is 24.3 Å². The van der Waals surface area contributed by atoms with Crippen LogP contribution in [0.25, 0.3) is 6.08 Å². The molecule has 0 bridgehead atoms. The van der Waals surface area contributed by atoms with Gasteiger partial charge in [-0.2, -0.15) is 0 Å². The van der Waals surface area contributed by atoms with Crippen molar-refractivity contribution in [3.63, 3.8) is 0 Å². The molecule has 0 aliphatic heterocycles. The molecule has 114 valence electrons. The molecule has 0 aliphatic rings. The minimum Gasteiger partial charge on any atom is -0.452 e. The van der Waals surface area contributed by atoms with Crippen molar-refractivity contribution in [2.45, 2.75) is 6.54 Å². The number of nitrogens with one attached hydrogen (secondary N) is 1. The van der Waals surface area contributed by atoms with Gasteiger partial charge in [0.25, 0.3) is 5.91 Å². The van der Waals surface area contributed by atoms with E-state index in [0.29, 0.717) is 6.54 Å². The van der Waals surface area contributed by atoms with Gasteiger partial charge >= 0.3 is 5.97 Å². The summed E-state index contributed by atoms with van der Waals surface area (Å²) in [5.74, 6) is -1.52. The molecule has 4 nitrogen and oxygen atoms in total. The second-order valence-corrected chi connectivity index (χ2v) is 5.35. The smallest absolute Gasteiger partial charge is 0.331 e. The van der Waals surface area contributed by atoms with Crippen LogP contribution in [0, 0.1) is 5.82 Å². The van der Waals surface area contributed by atoms with Gasteiger partial charge in [-0.15, -0.1) is 11.3 Å². The average Bonchev–Trinajstić information content (AvgIpc) is 3.03. The fourth-order valence-corrected chi connectivity index (χ4v) is 2.25. The van der Waals surface area contributed by atoms with Gasteiger partial charge < -0.3 is 10.1 Å². The third-order valence-electron chi connectivity index (χ3n) is 2.69. The summed E-state index contributed by atoms with van der Waals surface area (Å²) in [5, 5.41) is 4.55. The van der Waals surface area contributed by atoms with Crippen molar-refractivity contribution in [2.24, 2.45) is 0 Å². The van der Waals surface area contributed by atoms with E-state index in [1.165, 1.54) is 29.5 Å². The highest BCUT2D eigenvalue weighted by Crippen LogP contribution is 2.08. The van der Waals surface area contributed by atoms with E-state index in [2.05, 4.69) is 5.32 Å². The Labute approximate surface area is 131 Å². The summed E-state index contributed by atoms with van der Waals surface area (Å²) < 4.78 is 18.1. The molecule has 0 spiro atoms. The Kier molecular flexibility index (Phi) is 5.85. The summed E-state index contributed by atoms with van der Waals surface area (Å²) in [5.41, 5.74) is 0.279. The van der Waals surface area contributed by atoms with Crippen molar-refractivity contribution in [3.8, 4) is 0 Å². The van der Waals surface area contributed by atoms with Crippen LogP contribution in [0.4, 0.5) is 4.39 Å². The zero-order valence-electron chi connectivity index (χ0n) is 11.6. The number of esters is 1. The number of hydrogen-bond acceptors (Lipinski definition) is 4. The second kappa shape index (κ2) is 8.09. The van der Waals surface area contributed by atoms with Crippen LogP contribution < -0.4 is 5.32 Å². The summed E-state index contributed by atoms with van der Waals surface area (Å²) in [7, 11) is 0. The maximum atomic E-state index is 13.3. The minimum absolute atomic E-state index is 0.279. The lowest BCUT2D eigenvalue weighted by atomic mass is 10.2. The summed E-state index contributed by atoms with van der Waals surface area (Å²) in [6, 6.07) is 9.83. The highest BCUT2D eigenvalue weighted by Gasteiger charge is 2.05. The van der Waals surface area contributed by atoms with E-state index in [-0.39, 0.29) is 18.1 Å². The van der Waals surface area contributed by atoms with Gasteiger partial charge in [0.2, 0.25) is 0 Å². The first-order valence-electron chi connectivity index (χ1n) is 6.53. The number of thiophene rings is 1. The van der Waals surface area contributed by atoms with E-state index in [4.69, 9.17) is 4.74 Å². The number of rotatable bonds is 6. The lowest BCUT2D eigenvalue weighted by molar-refractivity contribution is -0.143. The first-order valence-corrected chi connectivity index (χ1v) is 7.41. The van der Waals surface area contributed by atoms with Gasteiger partial charge in [0.15, 0.2) is 6.61 Å². The highest BCUT2D eigenvalue weighted by molar-refractivity contribution is 7.09. The van der Waals surface area contributed by atoms with Crippen LogP contribution in [-0.2, 0) is 20.9 Å². The topological polar surface area (TPSA) is 55.4 Å². The van der Waals surface area contributed by atoms with Crippen LogP contribution in [0.3, 0.4) is 0 Å². The molecular weight excluding hydrogens is 305 g/mol. The van der Waals surface area contributed by atoms with Gasteiger partial charge in [-0.25, -0.2) is 9.18 Å². The molecule has 0 fully saturated rings. The van der Waals surface area contributed by atoms with Crippen LogP contribution in [0.15, 0.2) is 47.9 Å². The maximum Gasteiger partial charge on any atom is 0.331 e. The molecule has 6 heteroatoms. The molecule has 1 aromatic carbocycles. The standard InChI is InChI=1S/C16H14FNO3S/c17-14-6-2-1-4-12(14)7-8-16(20)21-11-15(19)18-10-13-5-3-9-22-13/h1-9H,10-11H2,(H,18,19)/b8-7+. The number of hydrogen-bond donors (Lipinski definition) is 1. The minimum atomic E-state index is -0.700. The molecule has 0 saturated heterocycles. The van der Waals surface area contributed by atoms with Gasteiger partial charge in [0.05, 0.1) is 6.54 Å². The van der Waals surface area contributed by atoms with Crippen molar-refractivity contribution < 1.29 is 18.7 Å². The summed E-state index contributed by atoms with van der Waals surface area (Å²) in [6.45, 7) is 0.0327. The number of ether oxygens (including phenoxy) is 1. The quantitative estimate of drug-likeness (QED) is 0.658. The van der Waals surface area contributed by atoms with Crippen LogP contribution in [0.5, 0.6) is 0 Å². The highest BCUT2D eigenvalue weighted by atomic mass is 32.1. The Morgan fingerprint density at radius 3 is 2.77 bits per heavy atom. The van der Waals surface area contributed by atoms with E-state index in [1.54, 1.807) is 12.1 Å². The van der Waals surface area contributed by atoms with E-state index in [1.807, 2.05) is 17.5 Å². The summed E-state index contributed by atoms with van der Waals surface area (Å²) in [6.07, 6.45) is 2.40. The van der Waals surface area contributed by atoms with Crippen molar-refractivity contribution in [2.75, 3.05) is 6.61 Å². The van der Waals surface area contributed by atoms with E-state index < -0.39 is 11.8 Å². The molecule has 1 N–H and O–H groups in total. The van der Waals surface area contributed by atoms with Gasteiger partial charge in [-0.05, 0) is 23.6 Å². The molecule has 22 heavy (non-hydrogen) atoms. The van der Waals surface area contributed by atoms with Gasteiger partial charge in [0.1, 0.15) is 5.82 Å². The van der Waals surface area contributed by atoms with E-state index >= 15 is 0 Å². The average molecular weight is 319 g/mol. The van der Waals surface area contributed by atoms with E-state index in [0.717, 1.165) is 11.0 Å². The SMILES string of the molecule is O=C(COC(=O)/C=C/c1ccccc1F)NCc1cccs1. The molecule has 2 rings (SSSR count). The zero-order valence-corrected chi connectivity index (χ0v) is 12.4. The number of benzene rings is 1.